The fourth-order valence-corrected chi connectivity index (χ4v) is 4.03. The minimum absolute atomic E-state index is 0.0403. The molecule has 0 spiro atoms. The van der Waals surface area contributed by atoms with E-state index < -0.39 is 0 Å². The molecule has 0 unspecified atom stereocenters. The molecular weight excluding hydrogens is 312 g/mol. The van der Waals surface area contributed by atoms with Crippen molar-refractivity contribution in [3.8, 4) is 6.07 Å². The summed E-state index contributed by atoms with van der Waals surface area (Å²) in [5.41, 5.74) is 1.16. The van der Waals surface area contributed by atoms with Gasteiger partial charge in [-0.25, -0.2) is 0 Å². The standard InChI is InChI=1S/C20H28N4O/c1-16-6-7-17(2)24(16)13-10-22-8-11-23(12-9-22)20(25)19-5-3-4-18(14-19)15-21/h3-5,14,16-17H,6-13H2,1-2H3/t16-,17-/m1/s1. The Morgan fingerprint density at radius 1 is 1.12 bits per heavy atom. The third-order valence-corrected chi connectivity index (χ3v) is 5.71. The molecule has 2 heterocycles. The van der Waals surface area contributed by atoms with E-state index in [1.807, 2.05) is 4.90 Å². The highest BCUT2D eigenvalue weighted by atomic mass is 16.2. The quantitative estimate of drug-likeness (QED) is 0.843. The summed E-state index contributed by atoms with van der Waals surface area (Å²) in [5, 5.41) is 8.99. The predicted octanol–water partition coefficient (Wildman–Crippen LogP) is 2.19. The van der Waals surface area contributed by atoms with Crippen LogP contribution in [0.15, 0.2) is 24.3 Å². The number of amides is 1. The van der Waals surface area contributed by atoms with E-state index in [2.05, 4.69) is 29.7 Å². The van der Waals surface area contributed by atoms with Crippen LogP contribution in [0.25, 0.3) is 0 Å². The van der Waals surface area contributed by atoms with Crippen molar-refractivity contribution in [1.29, 1.82) is 5.26 Å². The largest absolute Gasteiger partial charge is 0.336 e. The van der Waals surface area contributed by atoms with Gasteiger partial charge in [-0.05, 0) is 44.9 Å². The first-order chi connectivity index (χ1) is 12.1. The van der Waals surface area contributed by atoms with Gasteiger partial charge in [0.15, 0.2) is 0 Å². The second-order valence-electron chi connectivity index (χ2n) is 7.34. The van der Waals surface area contributed by atoms with Gasteiger partial charge in [-0.2, -0.15) is 5.26 Å². The number of piperazine rings is 1. The molecule has 0 radical (unpaired) electrons. The van der Waals surface area contributed by atoms with Crippen molar-refractivity contribution in [2.24, 2.45) is 0 Å². The minimum atomic E-state index is 0.0403. The summed E-state index contributed by atoms with van der Waals surface area (Å²) in [5.74, 6) is 0.0403. The molecule has 0 bridgehead atoms. The Morgan fingerprint density at radius 2 is 1.80 bits per heavy atom. The average molecular weight is 340 g/mol. The van der Waals surface area contributed by atoms with E-state index >= 15 is 0 Å². The second kappa shape index (κ2) is 7.99. The molecule has 25 heavy (non-hydrogen) atoms. The number of benzene rings is 1. The van der Waals surface area contributed by atoms with Gasteiger partial charge < -0.3 is 4.90 Å². The molecule has 1 aromatic rings. The number of hydrogen-bond acceptors (Lipinski definition) is 4. The lowest BCUT2D eigenvalue weighted by molar-refractivity contribution is 0.0614. The Kier molecular flexibility index (Phi) is 5.72. The number of nitrogens with zero attached hydrogens (tertiary/aromatic N) is 4. The molecule has 1 amide bonds. The Labute approximate surface area is 150 Å². The van der Waals surface area contributed by atoms with Crippen molar-refractivity contribution in [3.63, 3.8) is 0 Å². The molecule has 2 fully saturated rings. The summed E-state index contributed by atoms with van der Waals surface area (Å²) < 4.78 is 0. The van der Waals surface area contributed by atoms with E-state index in [9.17, 15) is 4.79 Å². The van der Waals surface area contributed by atoms with Gasteiger partial charge >= 0.3 is 0 Å². The van der Waals surface area contributed by atoms with E-state index in [-0.39, 0.29) is 5.91 Å². The van der Waals surface area contributed by atoms with E-state index in [1.54, 1.807) is 24.3 Å². The van der Waals surface area contributed by atoms with E-state index in [1.165, 1.54) is 12.8 Å². The highest BCUT2D eigenvalue weighted by Gasteiger charge is 2.28. The van der Waals surface area contributed by atoms with Gasteiger partial charge in [-0.1, -0.05) is 6.07 Å². The Hall–Kier alpha value is -1.90. The van der Waals surface area contributed by atoms with Gasteiger partial charge in [0, 0.05) is 56.9 Å². The zero-order valence-corrected chi connectivity index (χ0v) is 15.3. The van der Waals surface area contributed by atoms with E-state index in [0.717, 1.165) is 39.3 Å². The van der Waals surface area contributed by atoms with Crippen molar-refractivity contribution < 1.29 is 4.79 Å². The van der Waals surface area contributed by atoms with Crippen LogP contribution in [0.1, 0.15) is 42.6 Å². The van der Waals surface area contributed by atoms with Crippen LogP contribution in [0.2, 0.25) is 0 Å². The number of rotatable bonds is 4. The number of carbonyl (C=O) groups is 1. The van der Waals surface area contributed by atoms with Crippen molar-refractivity contribution in [2.75, 3.05) is 39.3 Å². The summed E-state index contributed by atoms with van der Waals surface area (Å²) in [7, 11) is 0. The van der Waals surface area contributed by atoms with Gasteiger partial charge in [0.1, 0.15) is 0 Å². The molecule has 5 nitrogen and oxygen atoms in total. The Balaban J connectivity index is 1.48. The zero-order chi connectivity index (χ0) is 17.8. The molecule has 0 saturated carbocycles. The lowest BCUT2D eigenvalue weighted by atomic mass is 10.1. The van der Waals surface area contributed by atoms with Gasteiger partial charge in [-0.15, -0.1) is 0 Å². The fourth-order valence-electron chi connectivity index (χ4n) is 4.03. The molecule has 0 aliphatic carbocycles. The maximum atomic E-state index is 12.6. The highest BCUT2D eigenvalue weighted by molar-refractivity contribution is 5.94. The van der Waals surface area contributed by atoms with Crippen LogP contribution in [-0.4, -0.2) is 72.0 Å². The van der Waals surface area contributed by atoms with Crippen LogP contribution < -0.4 is 0 Å². The highest BCUT2D eigenvalue weighted by Crippen LogP contribution is 2.23. The molecule has 3 rings (SSSR count). The smallest absolute Gasteiger partial charge is 0.253 e. The molecule has 0 aromatic heterocycles. The SMILES string of the molecule is C[C@@H]1CC[C@@H](C)N1CCN1CCN(C(=O)c2cccc(C#N)c2)CC1. The summed E-state index contributed by atoms with van der Waals surface area (Å²) >= 11 is 0. The first kappa shape index (κ1) is 17.9. The van der Waals surface area contributed by atoms with Crippen molar-refractivity contribution in [2.45, 2.75) is 38.8 Å². The molecule has 0 N–H and O–H groups in total. The summed E-state index contributed by atoms with van der Waals surface area (Å²) in [6.45, 7) is 10.3. The molecule has 2 aliphatic heterocycles. The first-order valence-electron chi connectivity index (χ1n) is 9.36. The van der Waals surface area contributed by atoms with Gasteiger partial charge in [-0.3, -0.25) is 14.6 Å². The van der Waals surface area contributed by atoms with Crippen LogP contribution in [0, 0.1) is 11.3 Å². The van der Waals surface area contributed by atoms with Crippen LogP contribution in [0.5, 0.6) is 0 Å². The van der Waals surface area contributed by atoms with Gasteiger partial charge in [0.25, 0.3) is 5.91 Å². The predicted molar refractivity (Wildman–Crippen MR) is 98.4 cm³/mol. The molecule has 1 aromatic carbocycles. The maximum absolute atomic E-state index is 12.6. The van der Waals surface area contributed by atoms with E-state index in [4.69, 9.17) is 5.26 Å². The van der Waals surface area contributed by atoms with Crippen LogP contribution >= 0.6 is 0 Å². The minimum Gasteiger partial charge on any atom is -0.336 e. The lowest BCUT2D eigenvalue weighted by Crippen LogP contribution is -2.50. The van der Waals surface area contributed by atoms with Crippen LogP contribution in [-0.2, 0) is 0 Å². The monoisotopic (exact) mass is 340 g/mol. The molecule has 2 saturated heterocycles. The lowest BCUT2D eigenvalue weighted by Gasteiger charge is -2.36. The van der Waals surface area contributed by atoms with Crippen molar-refractivity contribution >= 4 is 5.91 Å². The van der Waals surface area contributed by atoms with Gasteiger partial charge in [0.2, 0.25) is 0 Å². The van der Waals surface area contributed by atoms with Crippen molar-refractivity contribution in [3.05, 3.63) is 35.4 Å². The van der Waals surface area contributed by atoms with Gasteiger partial charge in [0.05, 0.1) is 11.6 Å². The third kappa shape index (κ3) is 4.20. The molecule has 2 atom stereocenters. The summed E-state index contributed by atoms with van der Waals surface area (Å²) in [6, 6.07) is 10.5. The summed E-state index contributed by atoms with van der Waals surface area (Å²) in [4.78, 5) is 19.6. The molecule has 134 valence electrons. The zero-order valence-electron chi connectivity index (χ0n) is 15.3. The maximum Gasteiger partial charge on any atom is 0.253 e. The number of hydrogen-bond donors (Lipinski definition) is 0. The average Bonchev–Trinajstić information content (AvgIpc) is 2.97. The van der Waals surface area contributed by atoms with E-state index in [0.29, 0.717) is 23.2 Å². The molecule has 2 aliphatic rings. The molecular formula is C20H28N4O. The fraction of sp³-hybridized carbons (Fsp3) is 0.600. The Morgan fingerprint density at radius 3 is 2.44 bits per heavy atom. The second-order valence-corrected chi connectivity index (χ2v) is 7.34. The first-order valence-corrected chi connectivity index (χ1v) is 9.36. The summed E-state index contributed by atoms with van der Waals surface area (Å²) in [6.07, 6.45) is 2.62. The normalized spacial score (nSPS) is 25.1. The molecule has 5 heteroatoms. The van der Waals surface area contributed by atoms with Crippen LogP contribution in [0.3, 0.4) is 0 Å². The van der Waals surface area contributed by atoms with Crippen LogP contribution in [0.4, 0.5) is 0 Å². The Bertz CT molecular complexity index is 635. The number of carbonyl (C=O) groups excluding carboxylic acids is 1. The topological polar surface area (TPSA) is 50.6 Å². The number of nitriles is 1. The number of likely N-dealkylation sites (tertiary alicyclic amines) is 1. The van der Waals surface area contributed by atoms with Crippen molar-refractivity contribution in [1.82, 2.24) is 14.7 Å². The third-order valence-electron chi connectivity index (χ3n) is 5.71.